The van der Waals surface area contributed by atoms with Gasteiger partial charge in [-0.3, -0.25) is 4.79 Å². The number of nitrogens with two attached hydrogens (primary N) is 1. The fraction of sp³-hybridized carbons (Fsp3) is 0.133. The highest BCUT2D eigenvalue weighted by molar-refractivity contribution is 9.10. The van der Waals surface area contributed by atoms with Gasteiger partial charge >= 0.3 is 0 Å². The largest absolute Gasteiger partial charge is 0.316 e. The first-order chi connectivity index (χ1) is 9.97. The minimum Gasteiger partial charge on any atom is -0.316 e. The number of carbonyl (C=O) groups is 1. The maximum Gasteiger partial charge on any atom is 0.248 e. The highest BCUT2D eigenvalue weighted by atomic mass is 79.9. The van der Waals surface area contributed by atoms with E-state index in [2.05, 4.69) is 31.9 Å². The summed E-state index contributed by atoms with van der Waals surface area (Å²) in [4.78, 5) is 14.0. The van der Waals surface area contributed by atoms with Crippen LogP contribution >= 0.6 is 31.9 Å². The number of hydrogen-bond donors (Lipinski definition) is 1. The van der Waals surface area contributed by atoms with Crippen molar-refractivity contribution in [3.05, 3.63) is 62.3 Å². The Morgan fingerprint density at radius 2 is 1.95 bits per heavy atom. The van der Waals surface area contributed by atoms with Crippen LogP contribution in [0.1, 0.15) is 17.2 Å². The lowest BCUT2D eigenvalue weighted by Gasteiger charge is -2.18. The predicted molar refractivity (Wildman–Crippen MR) is 86.4 cm³/mol. The molecule has 0 radical (unpaired) electrons. The Balaban J connectivity index is 1.96. The lowest BCUT2D eigenvalue weighted by Crippen LogP contribution is -2.31. The van der Waals surface area contributed by atoms with Crippen LogP contribution in [0.2, 0.25) is 0 Å². The van der Waals surface area contributed by atoms with Crippen LogP contribution < -0.4 is 10.6 Å². The fourth-order valence-corrected chi connectivity index (χ4v) is 3.23. The molecule has 1 aliphatic rings. The van der Waals surface area contributed by atoms with Crippen molar-refractivity contribution in [1.29, 1.82) is 0 Å². The van der Waals surface area contributed by atoms with Gasteiger partial charge in [0.1, 0.15) is 11.9 Å². The first kappa shape index (κ1) is 14.7. The molecule has 1 unspecified atom stereocenters. The van der Waals surface area contributed by atoms with Crippen molar-refractivity contribution in [2.75, 3.05) is 4.90 Å². The van der Waals surface area contributed by atoms with E-state index in [9.17, 15) is 9.18 Å². The highest BCUT2D eigenvalue weighted by Gasteiger charge is 2.34. The van der Waals surface area contributed by atoms with Crippen molar-refractivity contribution in [2.24, 2.45) is 5.73 Å². The second kappa shape index (κ2) is 5.51. The van der Waals surface area contributed by atoms with Gasteiger partial charge in [0.25, 0.3) is 0 Å². The SMILES string of the molecule is NC1C(=O)N(Cc2ccc(F)c(Br)c2)c2ccc(Br)cc21. The number of nitrogens with zero attached hydrogens (tertiary/aromatic N) is 1. The molecule has 2 N–H and O–H groups in total. The number of rotatable bonds is 2. The molecule has 1 aliphatic heterocycles. The summed E-state index contributed by atoms with van der Waals surface area (Å²) in [6.07, 6.45) is 0. The van der Waals surface area contributed by atoms with Crippen LogP contribution in [0.3, 0.4) is 0 Å². The van der Waals surface area contributed by atoms with Crippen LogP contribution in [-0.2, 0) is 11.3 Å². The lowest BCUT2D eigenvalue weighted by atomic mass is 10.1. The summed E-state index contributed by atoms with van der Waals surface area (Å²) in [5.41, 5.74) is 8.41. The Morgan fingerprint density at radius 1 is 1.19 bits per heavy atom. The van der Waals surface area contributed by atoms with E-state index in [1.54, 1.807) is 17.0 Å². The van der Waals surface area contributed by atoms with Crippen LogP contribution in [0.15, 0.2) is 45.3 Å². The van der Waals surface area contributed by atoms with Crippen molar-refractivity contribution in [3.8, 4) is 0 Å². The van der Waals surface area contributed by atoms with E-state index in [0.29, 0.717) is 11.0 Å². The summed E-state index contributed by atoms with van der Waals surface area (Å²) in [5, 5.41) is 0. The Bertz CT molecular complexity index is 736. The molecule has 0 bridgehead atoms. The van der Waals surface area contributed by atoms with E-state index in [1.165, 1.54) is 6.07 Å². The van der Waals surface area contributed by atoms with Gasteiger partial charge in [-0.15, -0.1) is 0 Å². The molecule has 2 aromatic rings. The summed E-state index contributed by atoms with van der Waals surface area (Å²) in [5.74, 6) is -0.476. The molecule has 1 atom stereocenters. The summed E-state index contributed by atoms with van der Waals surface area (Å²) in [6, 6.07) is 9.66. The minimum atomic E-state index is -0.651. The van der Waals surface area contributed by atoms with Gasteiger partial charge in [0.05, 0.1) is 11.0 Å². The molecule has 108 valence electrons. The van der Waals surface area contributed by atoms with Gasteiger partial charge in [-0.2, -0.15) is 0 Å². The molecule has 6 heteroatoms. The van der Waals surface area contributed by atoms with Crippen molar-refractivity contribution in [3.63, 3.8) is 0 Å². The molecule has 2 aromatic carbocycles. The van der Waals surface area contributed by atoms with Gasteiger partial charge in [0, 0.05) is 15.7 Å². The molecule has 3 rings (SSSR count). The second-order valence-corrected chi connectivity index (χ2v) is 6.62. The predicted octanol–water partition coefficient (Wildman–Crippen LogP) is 3.90. The first-order valence-corrected chi connectivity index (χ1v) is 7.86. The molecule has 21 heavy (non-hydrogen) atoms. The quantitative estimate of drug-likeness (QED) is 0.811. The number of amides is 1. The van der Waals surface area contributed by atoms with E-state index in [-0.39, 0.29) is 11.7 Å². The van der Waals surface area contributed by atoms with Crippen LogP contribution in [-0.4, -0.2) is 5.91 Å². The third-order valence-corrected chi connectivity index (χ3v) is 4.57. The van der Waals surface area contributed by atoms with Gasteiger partial charge in [-0.05, 0) is 51.8 Å². The fourth-order valence-electron chi connectivity index (χ4n) is 2.42. The van der Waals surface area contributed by atoms with Crippen molar-refractivity contribution < 1.29 is 9.18 Å². The summed E-state index contributed by atoms with van der Waals surface area (Å²) in [6.45, 7) is 0.361. The number of carbonyl (C=O) groups excluding carboxylic acids is 1. The monoisotopic (exact) mass is 412 g/mol. The van der Waals surface area contributed by atoms with E-state index in [0.717, 1.165) is 21.3 Å². The second-order valence-electron chi connectivity index (χ2n) is 4.85. The maximum absolute atomic E-state index is 13.3. The van der Waals surface area contributed by atoms with E-state index in [4.69, 9.17) is 5.73 Å². The van der Waals surface area contributed by atoms with Gasteiger partial charge in [0.15, 0.2) is 0 Å². The Morgan fingerprint density at radius 3 is 2.67 bits per heavy atom. The number of hydrogen-bond acceptors (Lipinski definition) is 2. The Hall–Kier alpha value is -1.24. The zero-order valence-electron chi connectivity index (χ0n) is 10.8. The number of halogens is 3. The lowest BCUT2D eigenvalue weighted by molar-refractivity contribution is -0.119. The average molecular weight is 414 g/mol. The standard InChI is InChI=1S/C15H11Br2FN2O/c16-9-2-4-13-10(6-9)14(19)15(21)20(13)7-8-1-3-12(18)11(17)5-8/h1-6,14H,7,19H2. The topological polar surface area (TPSA) is 46.3 Å². The summed E-state index contributed by atoms with van der Waals surface area (Å²) >= 11 is 6.54. The molecule has 0 aliphatic carbocycles. The zero-order valence-corrected chi connectivity index (χ0v) is 14.0. The highest BCUT2D eigenvalue weighted by Crippen LogP contribution is 2.37. The smallest absolute Gasteiger partial charge is 0.248 e. The molecule has 1 heterocycles. The van der Waals surface area contributed by atoms with Crippen LogP contribution in [0.5, 0.6) is 0 Å². The number of fused-ring (bicyclic) bond motifs is 1. The molecule has 0 saturated heterocycles. The van der Waals surface area contributed by atoms with Crippen molar-refractivity contribution in [1.82, 2.24) is 0 Å². The zero-order chi connectivity index (χ0) is 15.1. The van der Waals surface area contributed by atoms with Crippen LogP contribution in [0, 0.1) is 5.82 Å². The van der Waals surface area contributed by atoms with Crippen LogP contribution in [0.25, 0.3) is 0 Å². The third-order valence-electron chi connectivity index (χ3n) is 3.47. The molecular weight excluding hydrogens is 403 g/mol. The van der Waals surface area contributed by atoms with Crippen LogP contribution in [0.4, 0.5) is 10.1 Å². The van der Waals surface area contributed by atoms with Crippen molar-refractivity contribution >= 4 is 43.5 Å². The van der Waals surface area contributed by atoms with Gasteiger partial charge in [-0.25, -0.2) is 4.39 Å². The molecule has 0 saturated carbocycles. The van der Waals surface area contributed by atoms with Gasteiger partial charge < -0.3 is 10.6 Å². The minimum absolute atomic E-state index is 0.149. The van der Waals surface area contributed by atoms with E-state index in [1.807, 2.05) is 18.2 Å². The average Bonchev–Trinajstić information content (AvgIpc) is 2.68. The molecule has 3 nitrogen and oxygen atoms in total. The Labute approximate surface area is 138 Å². The Kier molecular flexibility index (Phi) is 3.86. The molecule has 0 spiro atoms. The van der Waals surface area contributed by atoms with E-state index >= 15 is 0 Å². The first-order valence-electron chi connectivity index (χ1n) is 6.27. The van der Waals surface area contributed by atoms with E-state index < -0.39 is 6.04 Å². The normalized spacial score (nSPS) is 17.2. The molecule has 0 aromatic heterocycles. The number of benzene rings is 2. The summed E-state index contributed by atoms with van der Waals surface area (Å²) in [7, 11) is 0. The maximum atomic E-state index is 13.3. The molecule has 0 fully saturated rings. The molecular formula is C15H11Br2FN2O. The third kappa shape index (κ3) is 2.63. The molecule has 1 amide bonds. The number of anilines is 1. The van der Waals surface area contributed by atoms with Crippen molar-refractivity contribution in [2.45, 2.75) is 12.6 Å². The van der Waals surface area contributed by atoms with Gasteiger partial charge in [0.2, 0.25) is 5.91 Å². The summed E-state index contributed by atoms with van der Waals surface area (Å²) < 4.78 is 14.5. The van der Waals surface area contributed by atoms with Gasteiger partial charge in [-0.1, -0.05) is 22.0 Å².